The van der Waals surface area contributed by atoms with Crippen LogP contribution in [0.15, 0.2) is 36.4 Å². The molecule has 0 saturated carbocycles. The first-order valence-electron chi connectivity index (χ1n) is 8.08. The van der Waals surface area contributed by atoms with Gasteiger partial charge in [0.05, 0.1) is 0 Å². The molecule has 3 rings (SSSR count). The van der Waals surface area contributed by atoms with Crippen molar-refractivity contribution in [2.45, 2.75) is 38.7 Å². The van der Waals surface area contributed by atoms with Crippen molar-refractivity contribution in [3.8, 4) is 5.75 Å². The summed E-state index contributed by atoms with van der Waals surface area (Å²) in [5.74, 6) is -1.64. The Hall–Kier alpha value is -2.43. The zero-order valence-corrected chi connectivity index (χ0v) is 13.4. The predicted octanol–water partition coefficient (Wildman–Crippen LogP) is 4.25. The highest BCUT2D eigenvalue weighted by molar-refractivity contribution is 5.94. The number of amides is 1. The zero-order valence-electron chi connectivity index (χ0n) is 13.4. The molecule has 0 fully saturated rings. The van der Waals surface area contributed by atoms with Gasteiger partial charge in [-0.2, -0.15) is 0 Å². The monoisotopic (exact) mass is 331 g/mol. The van der Waals surface area contributed by atoms with Gasteiger partial charge in [0, 0.05) is 11.8 Å². The maximum Gasteiger partial charge on any atom is 0.265 e. The van der Waals surface area contributed by atoms with E-state index in [-0.39, 0.29) is 5.69 Å². The molecule has 24 heavy (non-hydrogen) atoms. The van der Waals surface area contributed by atoms with Crippen molar-refractivity contribution in [1.82, 2.24) is 0 Å². The SMILES string of the molecule is C[C@@H](Oc1cccc2c1CCCC2)C(=O)Nc1ccc(F)c(F)c1. The van der Waals surface area contributed by atoms with Gasteiger partial charge in [-0.25, -0.2) is 8.78 Å². The highest BCUT2D eigenvalue weighted by Crippen LogP contribution is 2.30. The van der Waals surface area contributed by atoms with Gasteiger partial charge in [0.25, 0.3) is 5.91 Å². The molecule has 1 aliphatic carbocycles. The van der Waals surface area contributed by atoms with Crippen molar-refractivity contribution >= 4 is 11.6 Å². The maximum absolute atomic E-state index is 13.2. The average Bonchev–Trinajstić information content (AvgIpc) is 2.58. The minimum absolute atomic E-state index is 0.199. The van der Waals surface area contributed by atoms with E-state index in [1.54, 1.807) is 6.92 Å². The largest absolute Gasteiger partial charge is 0.481 e. The lowest BCUT2D eigenvalue weighted by molar-refractivity contribution is -0.122. The highest BCUT2D eigenvalue weighted by Gasteiger charge is 2.19. The zero-order chi connectivity index (χ0) is 17.1. The van der Waals surface area contributed by atoms with Crippen molar-refractivity contribution in [3.05, 3.63) is 59.2 Å². The molecule has 0 bridgehead atoms. The molecule has 2 aromatic rings. The van der Waals surface area contributed by atoms with Gasteiger partial charge in [0.2, 0.25) is 0 Å². The summed E-state index contributed by atoms with van der Waals surface area (Å²) in [5.41, 5.74) is 2.63. The second-order valence-electron chi connectivity index (χ2n) is 5.98. The summed E-state index contributed by atoms with van der Waals surface area (Å²) in [4.78, 5) is 12.2. The van der Waals surface area contributed by atoms with Crippen molar-refractivity contribution < 1.29 is 18.3 Å². The number of hydrogen-bond donors (Lipinski definition) is 1. The summed E-state index contributed by atoms with van der Waals surface area (Å²) >= 11 is 0. The van der Waals surface area contributed by atoms with E-state index < -0.39 is 23.6 Å². The molecule has 1 atom stereocenters. The second-order valence-corrected chi connectivity index (χ2v) is 5.98. The van der Waals surface area contributed by atoms with E-state index in [9.17, 15) is 13.6 Å². The summed E-state index contributed by atoms with van der Waals surface area (Å²) in [6.07, 6.45) is 3.52. The van der Waals surface area contributed by atoms with E-state index in [0.717, 1.165) is 42.7 Å². The standard InChI is InChI=1S/C19H19F2NO2/c1-12(19(23)22-14-9-10-16(20)17(21)11-14)24-18-8-4-6-13-5-2-3-7-15(13)18/h4,6,8-12H,2-3,5,7H2,1H3,(H,22,23)/t12-/m1/s1. The lowest BCUT2D eigenvalue weighted by Gasteiger charge is -2.22. The fourth-order valence-corrected chi connectivity index (χ4v) is 2.92. The quantitative estimate of drug-likeness (QED) is 0.909. The summed E-state index contributed by atoms with van der Waals surface area (Å²) in [6.45, 7) is 1.64. The van der Waals surface area contributed by atoms with Crippen LogP contribution in [-0.4, -0.2) is 12.0 Å². The Kier molecular flexibility index (Phi) is 4.79. The van der Waals surface area contributed by atoms with Crippen molar-refractivity contribution in [2.24, 2.45) is 0 Å². The molecule has 1 N–H and O–H groups in total. The summed E-state index contributed by atoms with van der Waals surface area (Å²) < 4.78 is 32.0. The second kappa shape index (κ2) is 6.99. The summed E-state index contributed by atoms with van der Waals surface area (Å²) in [6, 6.07) is 9.13. The molecule has 0 unspecified atom stereocenters. The third-order valence-electron chi connectivity index (χ3n) is 4.21. The number of aryl methyl sites for hydroxylation is 1. The molecular formula is C19H19F2NO2. The number of benzene rings is 2. The number of fused-ring (bicyclic) bond motifs is 1. The molecule has 0 radical (unpaired) electrons. The van der Waals surface area contributed by atoms with Crippen LogP contribution in [0.25, 0.3) is 0 Å². The molecule has 5 heteroatoms. The van der Waals surface area contributed by atoms with E-state index in [1.807, 2.05) is 12.1 Å². The number of rotatable bonds is 4. The van der Waals surface area contributed by atoms with E-state index in [2.05, 4.69) is 11.4 Å². The molecule has 0 heterocycles. The molecule has 126 valence electrons. The van der Waals surface area contributed by atoms with Gasteiger partial charge in [-0.3, -0.25) is 4.79 Å². The van der Waals surface area contributed by atoms with Crippen LogP contribution < -0.4 is 10.1 Å². The number of ether oxygens (including phenoxy) is 1. The van der Waals surface area contributed by atoms with Gasteiger partial charge in [-0.15, -0.1) is 0 Å². The molecule has 1 amide bonds. The van der Waals surface area contributed by atoms with Crippen molar-refractivity contribution in [1.29, 1.82) is 0 Å². The molecule has 3 nitrogen and oxygen atoms in total. The predicted molar refractivity (Wildman–Crippen MR) is 88.2 cm³/mol. The van der Waals surface area contributed by atoms with Gasteiger partial charge < -0.3 is 10.1 Å². The van der Waals surface area contributed by atoms with Crippen LogP contribution in [-0.2, 0) is 17.6 Å². The number of halogens is 2. The maximum atomic E-state index is 13.2. The lowest BCUT2D eigenvalue weighted by atomic mass is 9.91. The van der Waals surface area contributed by atoms with E-state index in [4.69, 9.17) is 4.74 Å². The molecule has 2 aromatic carbocycles. The number of nitrogens with one attached hydrogen (secondary N) is 1. The first-order chi connectivity index (χ1) is 11.5. The number of anilines is 1. The first kappa shape index (κ1) is 16.4. The minimum atomic E-state index is -1.00. The normalized spacial score (nSPS) is 14.6. The third-order valence-corrected chi connectivity index (χ3v) is 4.21. The van der Waals surface area contributed by atoms with E-state index in [0.29, 0.717) is 0 Å². The van der Waals surface area contributed by atoms with Crippen molar-refractivity contribution in [3.63, 3.8) is 0 Å². The number of carbonyl (C=O) groups excluding carboxylic acids is 1. The van der Waals surface area contributed by atoms with Gasteiger partial charge in [0.1, 0.15) is 5.75 Å². The topological polar surface area (TPSA) is 38.3 Å². The Morgan fingerprint density at radius 2 is 1.92 bits per heavy atom. The Morgan fingerprint density at radius 3 is 2.71 bits per heavy atom. The smallest absolute Gasteiger partial charge is 0.265 e. The van der Waals surface area contributed by atoms with Crippen LogP contribution in [0, 0.1) is 11.6 Å². The van der Waals surface area contributed by atoms with Gasteiger partial charge in [-0.05, 0) is 61.9 Å². The molecule has 0 aliphatic heterocycles. The third kappa shape index (κ3) is 3.55. The summed E-state index contributed by atoms with van der Waals surface area (Å²) in [7, 11) is 0. The Balaban J connectivity index is 1.69. The van der Waals surface area contributed by atoms with Crippen LogP contribution in [0.1, 0.15) is 30.9 Å². The van der Waals surface area contributed by atoms with Crippen LogP contribution in [0.2, 0.25) is 0 Å². The molecule has 0 saturated heterocycles. The van der Waals surface area contributed by atoms with Crippen molar-refractivity contribution in [2.75, 3.05) is 5.32 Å². The Labute approximate surface area is 139 Å². The average molecular weight is 331 g/mol. The molecule has 0 aromatic heterocycles. The van der Waals surface area contributed by atoms with Gasteiger partial charge in [0.15, 0.2) is 17.7 Å². The molecule has 0 spiro atoms. The molecule has 1 aliphatic rings. The van der Waals surface area contributed by atoms with Crippen LogP contribution >= 0.6 is 0 Å². The van der Waals surface area contributed by atoms with E-state index in [1.165, 1.54) is 18.1 Å². The Bertz CT molecular complexity index is 761. The fourth-order valence-electron chi connectivity index (χ4n) is 2.92. The molecular weight excluding hydrogens is 312 g/mol. The summed E-state index contributed by atoms with van der Waals surface area (Å²) in [5, 5.41) is 2.54. The van der Waals surface area contributed by atoms with Crippen LogP contribution in [0.3, 0.4) is 0 Å². The first-order valence-corrected chi connectivity index (χ1v) is 8.08. The number of hydrogen-bond acceptors (Lipinski definition) is 2. The van der Waals surface area contributed by atoms with E-state index >= 15 is 0 Å². The number of carbonyl (C=O) groups is 1. The van der Waals surface area contributed by atoms with Crippen LogP contribution in [0.5, 0.6) is 5.75 Å². The van der Waals surface area contributed by atoms with Gasteiger partial charge >= 0.3 is 0 Å². The highest BCUT2D eigenvalue weighted by atomic mass is 19.2. The lowest BCUT2D eigenvalue weighted by Crippen LogP contribution is -2.30. The minimum Gasteiger partial charge on any atom is -0.481 e. The fraction of sp³-hybridized carbons (Fsp3) is 0.316. The van der Waals surface area contributed by atoms with Gasteiger partial charge in [-0.1, -0.05) is 12.1 Å². The van der Waals surface area contributed by atoms with Crippen LogP contribution in [0.4, 0.5) is 14.5 Å². The Morgan fingerprint density at radius 1 is 1.12 bits per heavy atom.